The fourth-order valence-electron chi connectivity index (χ4n) is 2.68. The summed E-state index contributed by atoms with van der Waals surface area (Å²) in [5.74, 6) is -1.10. The summed E-state index contributed by atoms with van der Waals surface area (Å²) in [6.45, 7) is 2.24. The minimum absolute atomic E-state index is 0.0303. The predicted molar refractivity (Wildman–Crippen MR) is 90.2 cm³/mol. The fourth-order valence-corrected chi connectivity index (χ4v) is 3.86. The topological polar surface area (TPSA) is 92.8 Å². The van der Waals surface area contributed by atoms with Crippen molar-refractivity contribution < 1.29 is 22.7 Å². The summed E-state index contributed by atoms with van der Waals surface area (Å²) < 4.78 is 30.0. The molecule has 24 heavy (non-hydrogen) atoms. The van der Waals surface area contributed by atoms with Crippen LogP contribution in [0, 0.1) is 5.92 Å². The van der Waals surface area contributed by atoms with Crippen LogP contribution in [0.4, 0.5) is 5.69 Å². The van der Waals surface area contributed by atoms with Crippen LogP contribution < -0.4 is 5.32 Å². The van der Waals surface area contributed by atoms with Gasteiger partial charge < -0.3 is 10.1 Å². The van der Waals surface area contributed by atoms with E-state index in [0.29, 0.717) is 30.6 Å². The van der Waals surface area contributed by atoms with Crippen LogP contribution in [-0.4, -0.2) is 50.6 Å². The number of hydrogen-bond acceptors (Lipinski definition) is 5. The highest BCUT2D eigenvalue weighted by Gasteiger charge is 2.31. The van der Waals surface area contributed by atoms with Crippen molar-refractivity contribution in [2.24, 2.45) is 5.92 Å². The van der Waals surface area contributed by atoms with Crippen molar-refractivity contribution >= 4 is 27.6 Å². The Hall–Kier alpha value is -1.93. The van der Waals surface area contributed by atoms with Crippen molar-refractivity contribution in [1.82, 2.24) is 4.31 Å². The van der Waals surface area contributed by atoms with E-state index in [1.165, 1.54) is 17.5 Å². The molecule has 1 atom stereocenters. The molecule has 1 saturated heterocycles. The first-order valence-electron chi connectivity index (χ1n) is 7.84. The molecular formula is C16H22N2O5S. The highest BCUT2D eigenvalue weighted by molar-refractivity contribution is 7.89. The minimum Gasteiger partial charge on any atom is -0.465 e. The third kappa shape index (κ3) is 4.33. The van der Waals surface area contributed by atoms with E-state index in [9.17, 15) is 18.0 Å². The monoisotopic (exact) mass is 354 g/mol. The van der Waals surface area contributed by atoms with Crippen LogP contribution in [0.3, 0.4) is 0 Å². The van der Waals surface area contributed by atoms with Gasteiger partial charge in [-0.2, -0.15) is 0 Å². The fraction of sp³-hybridized carbons (Fsp3) is 0.500. The van der Waals surface area contributed by atoms with Gasteiger partial charge in [-0.25, -0.2) is 17.5 Å². The number of carbonyl (C=O) groups is 2. The number of anilines is 1. The number of carbonyl (C=O) groups excluding carboxylic acids is 2. The molecule has 8 heteroatoms. The molecule has 0 unspecified atom stereocenters. The van der Waals surface area contributed by atoms with E-state index >= 15 is 0 Å². The smallest absolute Gasteiger partial charge is 0.337 e. The predicted octanol–water partition coefficient (Wildman–Crippen LogP) is 1.47. The number of piperidine rings is 1. The van der Waals surface area contributed by atoms with Crippen LogP contribution in [0.25, 0.3) is 0 Å². The maximum Gasteiger partial charge on any atom is 0.337 e. The second-order valence-electron chi connectivity index (χ2n) is 5.66. The molecule has 0 aliphatic carbocycles. The van der Waals surface area contributed by atoms with Gasteiger partial charge in [0.05, 0.1) is 24.3 Å². The summed E-state index contributed by atoms with van der Waals surface area (Å²) in [4.78, 5) is 24.0. The summed E-state index contributed by atoms with van der Waals surface area (Å²) in [6.07, 6.45) is 1.29. The van der Waals surface area contributed by atoms with Gasteiger partial charge in [0, 0.05) is 18.8 Å². The summed E-state index contributed by atoms with van der Waals surface area (Å²) in [5.41, 5.74) is 0.826. The third-order valence-electron chi connectivity index (χ3n) is 4.06. The Kier molecular flexibility index (Phi) is 5.95. The van der Waals surface area contributed by atoms with Crippen molar-refractivity contribution in [3.8, 4) is 0 Å². The number of esters is 1. The highest BCUT2D eigenvalue weighted by Crippen LogP contribution is 2.21. The lowest BCUT2D eigenvalue weighted by Gasteiger charge is -2.30. The number of hydrogen-bond donors (Lipinski definition) is 1. The largest absolute Gasteiger partial charge is 0.465 e. The van der Waals surface area contributed by atoms with E-state index in [1.807, 2.05) is 0 Å². The van der Waals surface area contributed by atoms with E-state index < -0.39 is 21.9 Å². The van der Waals surface area contributed by atoms with Crippen molar-refractivity contribution in [2.45, 2.75) is 19.8 Å². The molecule has 0 aromatic heterocycles. The lowest BCUT2D eigenvalue weighted by molar-refractivity contribution is -0.120. The van der Waals surface area contributed by atoms with Gasteiger partial charge in [-0.1, -0.05) is 6.07 Å². The molecule has 1 heterocycles. The molecule has 1 fully saturated rings. The SMILES string of the molecule is CCS(=O)(=O)N1CCC[C@H](C(=O)Nc2cccc(C(=O)OC)c2)C1. The Morgan fingerprint density at radius 1 is 1.38 bits per heavy atom. The maximum absolute atomic E-state index is 12.4. The minimum atomic E-state index is -3.29. The zero-order valence-corrected chi connectivity index (χ0v) is 14.6. The van der Waals surface area contributed by atoms with E-state index in [-0.39, 0.29) is 18.2 Å². The molecule has 0 spiro atoms. The maximum atomic E-state index is 12.4. The summed E-state index contributed by atoms with van der Waals surface area (Å²) in [7, 11) is -2.00. The molecule has 2 rings (SSSR count). The molecule has 1 aliphatic rings. The van der Waals surface area contributed by atoms with Crippen molar-refractivity contribution in [2.75, 3.05) is 31.3 Å². The van der Waals surface area contributed by atoms with E-state index in [2.05, 4.69) is 10.1 Å². The quantitative estimate of drug-likeness (QED) is 0.809. The van der Waals surface area contributed by atoms with Gasteiger partial charge in [0.25, 0.3) is 0 Å². The van der Waals surface area contributed by atoms with Crippen LogP contribution in [0.2, 0.25) is 0 Å². The first-order chi connectivity index (χ1) is 11.4. The van der Waals surface area contributed by atoms with Crippen LogP contribution in [-0.2, 0) is 19.6 Å². The summed E-state index contributed by atoms with van der Waals surface area (Å²) in [5, 5.41) is 2.75. The number of nitrogens with one attached hydrogen (secondary N) is 1. The zero-order chi connectivity index (χ0) is 17.7. The lowest BCUT2D eigenvalue weighted by Crippen LogP contribution is -2.44. The van der Waals surface area contributed by atoms with Crippen LogP contribution in [0.5, 0.6) is 0 Å². The van der Waals surface area contributed by atoms with Gasteiger partial charge >= 0.3 is 5.97 Å². The van der Waals surface area contributed by atoms with Crippen molar-refractivity contribution in [1.29, 1.82) is 0 Å². The van der Waals surface area contributed by atoms with E-state index in [0.717, 1.165) is 0 Å². The number of sulfonamides is 1. The Bertz CT molecular complexity index is 717. The van der Waals surface area contributed by atoms with Crippen LogP contribution in [0.1, 0.15) is 30.1 Å². The summed E-state index contributed by atoms with van der Waals surface area (Å²) in [6, 6.07) is 6.45. The van der Waals surface area contributed by atoms with Crippen molar-refractivity contribution in [3.05, 3.63) is 29.8 Å². The molecular weight excluding hydrogens is 332 g/mol. The van der Waals surface area contributed by atoms with Crippen LogP contribution >= 0.6 is 0 Å². The lowest BCUT2D eigenvalue weighted by atomic mass is 9.98. The average Bonchev–Trinajstić information content (AvgIpc) is 2.61. The molecule has 0 bridgehead atoms. The molecule has 1 amide bonds. The number of benzene rings is 1. The van der Waals surface area contributed by atoms with Crippen LogP contribution in [0.15, 0.2) is 24.3 Å². The molecule has 1 N–H and O–H groups in total. The number of methoxy groups -OCH3 is 1. The second-order valence-corrected chi connectivity index (χ2v) is 7.92. The molecule has 132 valence electrons. The second kappa shape index (κ2) is 7.76. The Balaban J connectivity index is 2.06. The van der Waals surface area contributed by atoms with Gasteiger partial charge in [-0.05, 0) is 38.0 Å². The Labute approximate surface area is 142 Å². The Morgan fingerprint density at radius 2 is 2.12 bits per heavy atom. The van der Waals surface area contributed by atoms with E-state index in [1.54, 1.807) is 25.1 Å². The van der Waals surface area contributed by atoms with Gasteiger partial charge in [0.1, 0.15) is 0 Å². The van der Waals surface area contributed by atoms with Crippen molar-refractivity contribution in [3.63, 3.8) is 0 Å². The van der Waals surface area contributed by atoms with E-state index in [4.69, 9.17) is 0 Å². The third-order valence-corrected chi connectivity index (χ3v) is 5.91. The Morgan fingerprint density at radius 3 is 2.79 bits per heavy atom. The normalized spacial score (nSPS) is 18.8. The molecule has 1 aliphatic heterocycles. The van der Waals surface area contributed by atoms with Gasteiger partial charge in [-0.15, -0.1) is 0 Å². The molecule has 1 aromatic carbocycles. The first kappa shape index (κ1) is 18.4. The first-order valence-corrected chi connectivity index (χ1v) is 9.45. The summed E-state index contributed by atoms with van der Waals surface area (Å²) >= 11 is 0. The number of nitrogens with zero attached hydrogens (tertiary/aromatic N) is 1. The number of amides is 1. The standard InChI is InChI=1S/C16H22N2O5S/c1-3-24(21,22)18-9-5-7-13(11-18)15(19)17-14-8-4-6-12(10-14)16(20)23-2/h4,6,8,10,13H,3,5,7,9,11H2,1-2H3,(H,17,19)/t13-/m0/s1. The zero-order valence-electron chi connectivity index (χ0n) is 13.8. The average molecular weight is 354 g/mol. The number of ether oxygens (including phenoxy) is 1. The van der Waals surface area contributed by atoms with Gasteiger partial charge in [0.15, 0.2) is 0 Å². The molecule has 1 aromatic rings. The number of rotatable bonds is 5. The van der Waals surface area contributed by atoms with Gasteiger partial charge in [-0.3, -0.25) is 4.79 Å². The highest BCUT2D eigenvalue weighted by atomic mass is 32.2. The molecule has 7 nitrogen and oxygen atoms in total. The molecule has 0 saturated carbocycles. The molecule has 0 radical (unpaired) electrons. The van der Waals surface area contributed by atoms with Gasteiger partial charge in [0.2, 0.25) is 15.9 Å².